The van der Waals surface area contributed by atoms with Crippen LogP contribution >= 0.6 is 0 Å². The molecule has 0 aromatic rings. The lowest BCUT2D eigenvalue weighted by Crippen LogP contribution is -2.55. The monoisotopic (exact) mass is 199 g/mol. The summed E-state index contributed by atoms with van der Waals surface area (Å²) in [5.41, 5.74) is 4.85. The average Bonchev–Trinajstić information content (AvgIpc) is 2.52. The number of hydrogen-bond donors (Lipinski definition) is 3. The van der Waals surface area contributed by atoms with E-state index < -0.39 is 11.6 Å². The van der Waals surface area contributed by atoms with Crippen molar-refractivity contribution >= 4 is 11.8 Å². The Bertz CT molecular complexity index is 250. The van der Waals surface area contributed by atoms with Crippen molar-refractivity contribution in [2.45, 2.75) is 38.3 Å². The van der Waals surface area contributed by atoms with E-state index in [4.69, 9.17) is 5.73 Å². The highest BCUT2D eigenvalue weighted by atomic mass is 16.2. The van der Waals surface area contributed by atoms with Crippen LogP contribution in [0.4, 0.5) is 0 Å². The molecule has 80 valence electrons. The van der Waals surface area contributed by atoms with Gasteiger partial charge in [0, 0.05) is 6.54 Å². The molecule has 0 spiro atoms. The van der Waals surface area contributed by atoms with Crippen molar-refractivity contribution in [2.24, 2.45) is 5.73 Å². The quantitative estimate of drug-likeness (QED) is 0.552. The Morgan fingerprint density at radius 2 is 2.43 bits per heavy atom. The summed E-state index contributed by atoms with van der Waals surface area (Å²) in [7, 11) is 0. The van der Waals surface area contributed by atoms with Gasteiger partial charge in [0.15, 0.2) is 0 Å². The van der Waals surface area contributed by atoms with Gasteiger partial charge in [-0.2, -0.15) is 0 Å². The smallest absolute Gasteiger partial charge is 0.242 e. The Hall–Kier alpha value is -1.10. The second-order valence-electron chi connectivity index (χ2n) is 3.88. The first-order valence-corrected chi connectivity index (χ1v) is 4.85. The highest BCUT2D eigenvalue weighted by molar-refractivity contribution is 5.92. The molecule has 1 saturated heterocycles. The number of carbonyl (C=O) groups is 2. The summed E-state index contributed by atoms with van der Waals surface area (Å²) in [5, 5.41) is 5.29. The third-order valence-corrected chi connectivity index (χ3v) is 2.61. The zero-order valence-electron chi connectivity index (χ0n) is 8.59. The fourth-order valence-electron chi connectivity index (χ4n) is 1.22. The van der Waals surface area contributed by atoms with Crippen LogP contribution in [0.5, 0.6) is 0 Å². The minimum Gasteiger partial charge on any atom is -0.354 e. The largest absolute Gasteiger partial charge is 0.354 e. The highest BCUT2D eigenvalue weighted by Crippen LogP contribution is 2.07. The molecule has 4 N–H and O–H groups in total. The topological polar surface area (TPSA) is 84.2 Å². The number of carbonyl (C=O) groups excluding carboxylic acids is 2. The van der Waals surface area contributed by atoms with E-state index in [9.17, 15) is 9.59 Å². The summed E-state index contributed by atoms with van der Waals surface area (Å²) in [4.78, 5) is 22.7. The van der Waals surface area contributed by atoms with E-state index in [0.717, 1.165) is 0 Å². The lowest BCUT2D eigenvalue weighted by molar-refractivity contribution is -0.130. The predicted molar refractivity (Wildman–Crippen MR) is 52.4 cm³/mol. The number of nitrogens with one attached hydrogen (secondary N) is 2. The van der Waals surface area contributed by atoms with Gasteiger partial charge >= 0.3 is 0 Å². The lowest BCUT2D eigenvalue weighted by atomic mass is 9.99. The van der Waals surface area contributed by atoms with Crippen molar-refractivity contribution in [3.63, 3.8) is 0 Å². The van der Waals surface area contributed by atoms with E-state index in [2.05, 4.69) is 10.6 Å². The first kappa shape index (κ1) is 11.0. The molecule has 0 aromatic carbocycles. The first-order valence-electron chi connectivity index (χ1n) is 4.85. The van der Waals surface area contributed by atoms with Gasteiger partial charge in [-0.1, -0.05) is 6.92 Å². The maximum Gasteiger partial charge on any atom is 0.242 e. The molecule has 0 aliphatic carbocycles. The van der Waals surface area contributed by atoms with E-state index in [0.29, 0.717) is 19.4 Å². The van der Waals surface area contributed by atoms with E-state index in [1.807, 2.05) is 6.92 Å². The van der Waals surface area contributed by atoms with Crippen LogP contribution in [-0.4, -0.2) is 29.9 Å². The van der Waals surface area contributed by atoms with Crippen LogP contribution in [-0.2, 0) is 9.59 Å². The van der Waals surface area contributed by atoms with Gasteiger partial charge in [-0.15, -0.1) is 0 Å². The number of amides is 2. The van der Waals surface area contributed by atoms with Crippen LogP contribution in [0.25, 0.3) is 0 Å². The first-order chi connectivity index (χ1) is 6.47. The van der Waals surface area contributed by atoms with Gasteiger partial charge < -0.3 is 16.4 Å². The second-order valence-corrected chi connectivity index (χ2v) is 3.88. The molecule has 1 aliphatic heterocycles. The molecule has 2 amide bonds. The van der Waals surface area contributed by atoms with Crippen molar-refractivity contribution in [2.75, 3.05) is 6.54 Å². The molecular formula is C9H17N3O2. The molecular weight excluding hydrogens is 182 g/mol. The molecule has 1 rings (SSSR count). The van der Waals surface area contributed by atoms with Gasteiger partial charge in [0.2, 0.25) is 11.8 Å². The fraction of sp³-hybridized carbons (Fsp3) is 0.778. The van der Waals surface area contributed by atoms with Crippen LogP contribution in [0.15, 0.2) is 0 Å². The maximum absolute atomic E-state index is 11.6. The Labute approximate surface area is 83.4 Å². The second kappa shape index (κ2) is 3.96. The Balaban J connectivity index is 2.52. The Morgan fingerprint density at radius 1 is 1.79 bits per heavy atom. The van der Waals surface area contributed by atoms with Crippen molar-refractivity contribution in [3.05, 3.63) is 0 Å². The fourth-order valence-corrected chi connectivity index (χ4v) is 1.22. The Kier molecular flexibility index (Phi) is 3.10. The standard InChI is InChI=1S/C9H17N3O2/c1-3-9(2,10)8(14)12-6-4-5-11-7(6)13/h6H,3-5,10H2,1-2H3,(H,11,13)(H,12,14)/t6-,9?/m0/s1. The SMILES string of the molecule is CCC(C)(N)C(=O)N[C@H]1CCNC1=O. The summed E-state index contributed by atoms with van der Waals surface area (Å²) in [5.74, 6) is -0.382. The summed E-state index contributed by atoms with van der Waals surface area (Å²) in [6, 6.07) is -0.406. The third-order valence-electron chi connectivity index (χ3n) is 2.61. The number of hydrogen-bond acceptors (Lipinski definition) is 3. The van der Waals surface area contributed by atoms with E-state index in [1.54, 1.807) is 6.92 Å². The summed E-state index contributed by atoms with van der Waals surface area (Å²) in [6.07, 6.45) is 1.19. The molecule has 0 radical (unpaired) electrons. The van der Waals surface area contributed by atoms with Gasteiger partial charge in [-0.3, -0.25) is 9.59 Å². The van der Waals surface area contributed by atoms with Crippen LogP contribution in [0.1, 0.15) is 26.7 Å². The maximum atomic E-state index is 11.6. The predicted octanol–water partition coefficient (Wildman–Crippen LogP) is -0.881. The zero-order valence-corrected chi connectivity index (χ0v) is 8.59. The van der Waals surface area contributed by atoms with Crippen LogP contribution < -0.4 is 16.4 Å². The van der Waals surface area contributed by atoms with Crippen LogP contribution in [0.3, 0.4) is 0 Å². The number of rotatable bonds is 3. The normalized spacial score (nSPS) is 25.4. The number of nitrogens with two attached hydrogens (primary N) is 1. The van der Waals surface area contributed by atoms with Crippen LogP contribution in [0, 0.1) is 0 Å². The van der Waals surface area contributed by atoms with E-state index in [1.165, 1.54) is 0 Å². The van der Waals surface area contributed by atoms with Gasteiger partial charge in [0.1, 0.15) is 6.04 Å². The molecule has 1 fully saturated rings. The van der Waals surface area contributed by atoms with Gasteiger partial charge in [0.05, 0.1) is 5.54 Å². The highest BCUT2D eigenvalue weighted by Gasteiger charge is 2.32. The summed E-state index contributed by atoms with van der Waals surface area (Å²) < 4.78 is 0. The average molecular weight is 199 g/mol. The zero-order chi connectivity index (χ0) is 10.8. The summed E-state index contributed by atoms with van der Waals surface area (Å²) >= 11 is 0. The molecule has 1 aliphatic rings. The van der Waals surface area contributed by atoms with Gasteiger partial charge in [0.25, 0.3) is 0 Å². The van der Waals surface area contributed by atoms with Gasteiger partial charge in [-0.25, -0.2) is 0 Å². The van der Waals surface area contributed by atoms with Crippen molar-refractivity contribution in [1.82, 2.24) is 10.6 Å². The minimum absolute atomic E-state index is 0.120. The van der Waals surface area contributed by atoms with Crippen molar-refractivity contribution in [1.29, 1.82) is 0 Å². The molecule has 1 heterocycles. The van der Waals surface area contributed by atoms with E-state index >= 15 is 0 Å². The molecule has 0 bridgehead atoms. The lowest BCUT2D eigenvalue weighted by Gasteiger charge is -2.23. The molecule has 5 heteroatoms. The van der Waals surface area contributed by atoms with Gasteiger partial charge in [-0.05, 0) is 19.8 Å². The molecule has 14 heavy (non-hydrogen) atoms. The third kappa shape index (κ3) is 2.23. The van der Waals surface area contributed by atoms with Crippen molar-refractivity contribution < 1.29 is 9.59 Å². The Morgan fingerprint density at radius 3 is 2.86 bits per heavy atom. The van der Waals surface area contributed by atoms with Crippen LogP contribution in [0.2, 0.25) is 0 Å². The van der Waals surface area contributed by atoms with Crippen molar-refractivity contribution in [3.8, 4) is 0 Å². The molecule has 2 atom stereocenters. The van der Waals surface area contributed by atoms with E-state index in [-0.39, 0.29) is 11.8 Å². The molecule has 5 nitrogen and oxygen atoms in total. The molecule has 0 saturated carbocycles. The minimum atomic E-state index is -0.886. The summed E-state index contributed by atoms with van der Waals surface area (Å²) in [6.45, 7) is 4.13. The molecule has 1 unspecified atom stereocenters. The molecule has 0 aromatic heterocycles.